The SMILES string of the molecule is CC1CCCN(C(=O)c2ccc(NCC3CCCO3)nc2)C1. The Bertz CT molecular complexity index is 497. The van der Waals surface area contributed by atoms with E-state index in [1.54, 1.807) is 6.20 Å². The van der Waals surface area contributed by atoms with E-state index in [0.29, 0.717) is 11.5 Å². The molecule has 2 fully saturated rings. The molecule has 0 spiro atoms. The molecule has 5 heteroatoms. The Morgan fingerprint density at radius 1 is 1.41 bits per heavy atom. The van der Waals surface area contributed by atoms with Crippen molar-refractivity contribution in [1.82, 2.24) is 9.88 Å². The molecule has 0 aliphatic carbocycles. The monoisotopic (exact) mass is 303 g/mol. The van der Waals surface area contributed by atoms with E-state index in [2.05, 4.69) is 17.2 Å². The zero-order valence-electron chi connectivity index (χ0n) is 13.3. The zero-order valence-corrected chi connectivity index (χ0v) is 13.3. The smallest absolute Gasteiger partial charge is 0.255 e. The van der Waals surface area contributed by atoms with Crippen molar-refractivity contribution in [3.05, 3.63) is 23.9 Å². The third-order valence-electron chi connectivity index (χ3n) is 4.49. The predicted molar refractivity (Wildman–Crippen MR) is 86.0 cm³/mol. The summed E-state index contributed by atoms with van der Waals surface area (Å²) in [6.45, 7) is 5.57. The summed E-state index contributed by atoms with van der Waals surface area (Å²) in [5, 5.41) is 3.28. The number of pyridine rings is 1. The number of hydrogen-bond acceptors (Lipinski definition) is 4. The Hall–Kier alpha value is -1.62. The maximum Gasteiger partial charge on any atom is 0.255 e. The summed E-state index contributed by atoms with van der Waals surface area (Å²) in [7, 11) is 0. The molecule has 2 aliphatic rings. The number of aromatic nitrogens is 1. The molecule has 0 saturated carbocycles. The first-order valence-electron chi connectivity index (χ1n) is 8.33. The highest BCUT2D eigenvalue weighted by Gasteiger charge is 2.22. The minimum atomic E-state index is 0.102. The normalized spacial score (nSPS) is 25.2. The van der Waals surface area contributed by atoms with Crippen molar-refractivity contribution in [3.63, 3.8) is 0 Å². The lowest BCUT2D eigenvalue weighted by atomic mass is 10.00. The second-order valence-corrected chi connectivity index (χ2v) is 6.45. The first-order valence-corrected chi connectivity index (χ1v) is 8.33. The number of piperidine rings is 1. The van der Waals surface area contributed by atoms with Gasteiger partial charge in [-0.25, -0.2) is 4.98 Å². The number of anilines is 1. The summed E-state index contributed by atoms with van der Waals surface area (Å²) in [6, 6.07) is 3.75. The van der Waals surface area contributed by atoms with E-state index >= 15 is 0 Å². The van der Waals surface area contributed by atoms with Gasteiger partial charge in [-0.1, -0.05) is 6.92 Å². The van der Waals surface area contributed by atoms with Gasteiger partial charge < -0.3 is 15.0 Å². The average molecular weight is 303 g/mol. The van der Waals surface area contributed by atoms with E-state index in [4.69, 9.17) is 4.74 Å². The molecule has 0 bridgehead atoms. The number of rotatable bonds is 4. The summed E-state index contributed by atoms with van der Waals surface area (Å²) in [5.74, 6) is 1.50. The predicted octanol–water partition coefficient (Wildman–Crippen LogP) is 2.54. The Kier molecular flexibility index (Phi) is 4.93. The number of ether oxygens (including phenoxy) is 1. The highest BCUT2D eigenvalue weighted by Crippen LogP contribution is 2.18. The van der Waals surface area contributed by atoms with Gasteiger partial charge in [0.15, 0.2) is 0 Å². The van der Waals surface area contributed by atoms with Crippen LogP contribution in [-0.4, -0.2) is 48.1 Å². The summed E-state index contributed by atoms with van der Waals surface area (Å²) >= 11 is 0. The van der Waals surface area contributed by atoms with Crippen molar-refractivity contribution in [1.29, 1.82) is 0 Å². The molecule has 5 nitrogen and oxygen atoms in total. The molecule has 1 amide bonds. The lowest BCUT2D eigenvalue weighted by molar-refractivity contribution is 0.0682. The maximum absolute atomic E-state index is 12.5. The Balaban J connectivity index is 1.54. The van der Waals surface area contributed by atoms with Crippen molar-refractivity contribution >= 4 is 11.7 Å². The highest BCUT2D eigenvalue weighted by atomic mass is 16.5. The third kappa shape index (κ3) is 3.77. The van der Waals surface area contributed by atoms with Crippen LogP contribution in [0.4, 0.5) is 5.82 Å². The maximum atomic E-state index is 12.5. The number of carbonyl (C=O) groups excluding carboxylic acids is 1. The van der Waals surface area contributed by atoms with E-state index in [1.807, 2.05) is 17.0 Å². The molecule has 2 saturated heterocycles. The summed E-state index contributed by atoms with van der Waals surface area (Å²) < 4.78 is 5.57. The van der Waals surface area contributed by atoms with Crippen molar-refractivity contribution in [2.75, 3.05) is 31.6 Å². The molecular weight excluding hydrogens is 278 g/mol. The number of nitrogens with one attached hydrogen (secondary N) is 1. The van der Waals surface area contributed by atoms with Crippen LogP contribution in [0.2, 0.25) is 0 Å². The van der Waals surface area contributed by atoms with Gasteiger partial charge in [0.25, 0.3) is 5.91 Å². The minimum absolute atomic E-state index is 0.102. The largest absolute Gasteiger partial charge is 0.376 e. The van der Waals surface area contributed by atoms with Crippen molar-refractivity contribution < 1.29 is 9.53 Å². The Morgan fingerprint density at radius 2 is 2.32 bits per heavy atom. The Morgan fingerprint density at radius 3 is 3.00 bits per heavy atom. The van der Waals surface area contributed by atoms with Crippen LogP contribution < -0.4 is 5.32 Å². The van der Waals surface area contributed by atoms with E-state index < -0.39 is 0 Å². The molecule has 2 unspecified atom stereocenters. The van der Waals surface area contributed by atoms with Gasteiger partial charge in [-0.05, 0) is 43.7 Å². The van der Waals surface area contributed by atoms with Gasteiger partial charge in [0.1, 0.15) is 5.82 Å². The van der Waals surface area contributed by atoms with Gasteiger partial charge in [0, 0.05) is 32.4 Å². The highest BCUT2D eigenvalue weighted by molar-refractivity contribution is 5.94. The van der Waals surface area contributed by atoms with E-state index in [9.17, 15) is 4.79 Å². The van der Waals surface area contributed by atoms with E-state index in [1.165, 1.54) is 6.42 Å². The van der Waals surface area contributed by atoms with Crippen LogP contribution >= 0.6 is 0 Å². The summed E-state index contributed by atoms with van der Waals surface area (Å²) in [4.78, 5) is 18.8. The third-order valence-corrected chi connectivity index (χ3v) is 4.49. The molecule has 3 rings (SSSR count). The topological polar surface area (TPSA) is 54.5 Å². The van der Waals surface area contributed by atoms with Crippen molar-refractivity contribution in [3.8, 4) is 0 Å². The first-order chi connectivity index (χ1) is 10.7. The number of amides is 1. The fourth-order valence-electron chi connectivity index (χ4n) is 3.21. The van der Waals surface area contributed by atoms with Crippen LogP contribution in [0.5, 0.6) is 0 Å². The van der Waals surface area contributed by atoms with Gasteiger partial charge in [-0.2, -0.15) is 0 Å². The molecule has 120 valence electrons. The van der Waals surface area contributed by atoms with Crippen LogP contribution in [0.3, 0.4) is 0 Å². The standard InChI is InChI=1S/C17H25N3O2/c1-13-4-2-8-20(12-13)17(21)14-6-7-16(18-10-14)19-11-15-5-3-9-22-15/h6-7,10,13,15H,2-5,8-9,11-12H2,1H3,(H,18,19). The van der Waals surface area contributed by atoms with Gasteiger partial charge in [0.05, 0.1) is 11.7 Å². The van der Waals surface area contributed by atoms with Gasteiger partial charge >= 0.3 is 0 Å². The van der Waals surface area contributed by atoms with Crippen LogP contribution in [0.25, 0.3) is 0 Å². The van der Waals surface area contributed by atoms with Crippen LogP contribution in [-0.2, 0) is 4.74 Å². The lowest BCUT2D eigenvalue weighted by Gasteiger charge is -2.30. The number of hydrogen-bond donors (Lipinski definition) is 1. The van der Waals surface area contributed by atoms with Crippen molar-refractivity contribution in [2.24, 2.45) is 5.92 Å². The quantitative estimate of drug-likeness (QED) is 0.929. The van der Waals surface area contributed by atoms with E-state index in [-0.39, 0.29) is 12.0 Å². The number of carbonyl (C=O) groups is 1. The van der Waals surface area contributed by atoms with Crippen molar-refractivity contribution in [2.45, 2.75) is 38.7 Å². The minimum Gasteiger partial charge on any atom is -0.376 e. The van der Waals surface area contributed by atoms with Gasteiger partial charge in [-0.15, -0.1) is 0 Å². The first kappa shape index (κ1) is 15.3. The summed E-state index contributed by atoms with van der Waals surface area (Å²) in [6.07, 6.45) is 6.53. The molecule has 22 heavy (non-hydrogen) atoms. The molecule has 1 N–H and O–H groups in total. The van der Waals surface area contributed by atoms with E-state index in [0.717, 1.165) is 51.3 Å². The molecule has 0 aromatic carbocycles. The fourth-order valence-corrected chi connectivity index (χ4v) is 3.21. The van der Waals surface area contributed by atoms with Crippen LogP contribution in [0.15, 0.2) is 18.3 Å². The Labute approximate surface area is 132 Å². The second-order valence-electron chi connectivity index (χ2n) is 6.45. The number of nitrogens with zero attached hydrogens (tertiary/aromatic N) is 2. The molecule has 0 radical (unpaired) electrons. The average Bonchev–Trinajstić information content (AvgIpc) is 3.06. The fraction of sp³-hybridized carbons (Fsp3) is 0.647. The second kappa shape index (κ2) is 7.09. The molecule has 2 aliphatic heterocycles. The molecule has 3 heterocycles. The van der Waals surface area contributed by atoms with Crippen LogP contribution in [0.1, 0.15) is 43.0 Å². The molecule has 2 atom stereocenters. The van der Waals surface area contributed by atoms with Gasteiger partial charge in [-0.3, -0.25) is 4.79 Å². The molecular formula is C17H25N3O2. The number of likely N-dealkylation sites (tertiary alicyclic amines) is 1. The van der Waals surface area contributed by atoms with Crippen LogP contribution in [0, 0.1) is 5.92 Å². The molecule has 1 aromatic heterocycles. The van der Waals surface area contributed by atoms with Gasteiger partial charge in [0.2, 0.25) is 0 Å². The lowest BCUT2D eigenvalue weighted by Crippen LogP contribution is -2.39. The summed E-state index contributed by atoms with van der Waals surface area (Å²) in [5.41, 5.74) is 0.678. The zero-order chi connectivity index (χ0) is 15.4. The molecule has 1 aromatic rings.